The molecule has 7 nitrogen and oxygen atoms in total. The molecule has 2 aromatic carbocycles. The lowest BCUT2D eigenvalue weighted by Crippen LogP contribution is -2.21. The molecule has 0 saturated heterocycles. The molecule has 2 atom stereocenters. The van der Waals surface area contributed by atoms with Gasteiger partial charge in [0, 0.05) is 16.8 Å². The molecule has 1 amide bonds. The van der Waals surface area contributed by atoms with Crippen molar-refractivity contribution >= 4 is 28.6 Å². The second-order valence-electron chi connectivity index (χ2n) is 7.21. The molecule has 8 heteroatoms. The molecule has 0 unspecified atom stereocenters. The van der Waals surface area contributed by atoms with E-state index in [1.54, 1.807) is 29.8 Å². The Labute approximate surface area is 178 Å². The van der Waals surface area contributed by atoms with Crippen molar-refractivity contribution < 1.29 is 14.3 Å². The molecule has 0 radical (unpaired) electrons. The fourth-order valence-corrected chi connectivity index (χ4v) is 3.63. The number of aromatic nitrogens is 3. The number of rotatable bonds is 7. The summed E-state index contributed by atoms with van der Waals surface area (Å²) in [6, 6.07) is 12.9. The molecule has 30 heavy (non-hydrogen) atoms. The number of oxazole rings is 1. The van der Waals surface area contributed by atoms with E-state index in [1.807, 2.05) is 30.3 Å². The molecule has 0 bridgehead atoms. The lowest BCUT2D eigenvalue weighted by Gasteiger charge is -2.21. The van der Waals surface area contributed by atoms with Crippen LogP contribution < -0.4 is 5.73 Å². The molecule has 0 aliphatic rings. The SMILES string of the molecule is C[C@H](O)[C@H](CCc1cccc2nc(-c3ccc(Cl)cc3)oc12)n1cnc(C(N)=O)c1. The number of para-hydroxylation sites is 1. The van der Waals surface area contributed by atoms with Gasteiger partial charge in [-0.05, 0) is 55.7 Å². The number of carbonyl (C=O) groups excluding carboxylic acids is 1. The first-order valence-corrected chi connectivity index (χ1v) is 9.96. The van der Waals surface area contributed by atoms with Gasteiger partial charge in [-0.3, -0.25) is 4.79 Å². The van der Waals surface area contributed by atoms with E-state index in [4.69, 9.17) is 21.8 Å². The number of aryl methyl sites for hydroxylation is 1. The van der Waals surface area contributed by atoms with E-state index in [1.165, 1.54) is 6.33 Å². The summed E-state index contributed by atoms with van der Waals surface area (Å²) in [5.41, 5.74) is 8.78. The van der Waals surface area contributed by atoms with E-state index in [0.717, 1.165) is 22.2 Å². The minimum absolute atomic E-state index is 0.172. The third-order valence-electron chi connectivity index (χ3n) is 5.09. The Hall–Kier alpha value is -3.16. The van der Waals surface area contributed by atoms with E-state index < -0.39 is 12.0 Å². The van der Waals surface area contributed by atoms with Gasteiger partial charge in [0.1, 0.15) is 11.2 Å². The molecule has 2 aromatic heterocycles. The van der Waals surface area contributed by atoms with Crippen LogP contribution in [0, 0.1) is 0 Å². The number of imidazole rings is 1. The lowest BCUT2D eigenvalue weighted by atomic mass is 10.0. The smallest absolute Gasteiger partial charge is 0.268 e. The second kappa shape index (κ2) is 8.30. The second-order valence-corrected chi connectivity index (χ2v) is 7.64. The topological polar surface area (TPSA) is 107 Å². The van der Waals surface area contributed by atoms with E-state index in [2.05, 4.69) is 9.97 Å². The number of aliphatic hydroxyl groups is 1. The van der Waals surface area contributed by atoms with Crippen LogP contribution >= 0.6 is 11.6 Å². The zero-order valence-corrected chi connectivity index (χ0v) is 17.1. The van der Waals surface area contributed by atoms with Crippen LogP contribution in [0.1, 0.15) is 35.4 Å². The molecular formula is C22H21ClN4O3. The maximum Gasteiger partial charge on any atom is 0.268 e. The summed E-state index contributed by atoms with van der Waals surface area (Å²) in [5, 5.41) is 10.9. The quantitative estimate of drug-likeness (QED) is 0.466. The first-order valence-electron chi connectivity index (χ1n) is 9.58. The van der Waals surface area contributed by atoms with Gasteiger partial charge in [0.2, 0.25) is 5.89 Å². The number of fused-ring (bicyclic) bond motifs is 1. The number of benzene rings is 2. The van der Waals surface area contributed by atoms with Gasteiger partial charge in [-0.1, -0.05) is 23.7 Å². The number of carbonyl (C=O) groups is 1. The van der Waals surface area contributed by atoms with Crippen LogP contribution in [0.4, 0.5) is 0 Å². The number of hydrogen-bond donors (Lipinski definition) is 2. The third kappa shape index (κ3) is 4.08. The number of halogens is 1. The molecule has 2 heterocycles. The summed E-state index contributed by atoms with van der Waals surface area (Å²) in [7, 11) is 0. The maximum atomic E-state index is 11.3. The first kappa shape index (κ1) is 20.1. The summed E-state index contributed by atoms with van der Waals surface area (Å²) < 4.78 is 7.79. The zero-order valence-electron chi connectivity index (χ0n) is 16.3. The molecule has 0 aliphatic carbocycles. The van der Waals surface area contributed by atoms with Gasteiger partial charge < -0.3 is 19.8 Å². The van der Waals surface area contributed by atoms with E-state index in [0.29, 0.717) is 23.8 Å². The van der Waals surface area contributed by atoms with Crippen LogP contribution in [0.3, 0.4) is 0 Å². The molecule has 4 rings (SSSR count). The molecule has 0 aliphatic heterocycles. The standard InChI is InChI=1S/C22H21ClN4O3/c1-13(28)19(27-11-18(21(24)29)25-12-27)10-7-14-3-2-4-17-20(14)30-22(26-17)15-5-8-16(23)9-6-15/h2-6,8-9,11-13,19,28H,7,10H2,1H3,(H2,24,29)/t13-,19-/m0/s1. The van der Waals surface area contributed by atoms with Crippen molar-refractivity contribution in [3.05, 3.63) is 71.3 Å². The van der Waals surface area contributed by atoms with E-state index in [9.17, 15) is 9.90 Å². The number of primary amides is 1. The van der Waals surface area contributed by atoms with Crippen molar-refractivity contribution in [2.45, 2.75) is 31.9 Å². The minimum Gasteiger partial charge on any atom is -0.436 e. The van der Waals surface area contributed by atoms with Crippen molar-refractivity contribution in [1.82, 2.24) is 14.5 Å². The fraction of sp³-hybridized carbons (Fsp3) is 0.227. The van der Waals surface area contributed by atoms with Crippen LogP contribution in [0.15, 0.2) is 59.4 Å². The van der Waals surface area contributed by atoms with Crippen LogP contribution in [-0.2, 0) is 6.42 Å². The van der Waals surface area contributed by atoms with Crippen molar-refractivity contribution in [3.63, 3.8) is 0 Å². The summed E-state index contributed by atoms with van der Waals surface area (Å²) in [4.78, 5) is 19.9. The highest BCUT2D eigenvalue weighted by Gasteiger charge is 2.20. The van der Waals surface area contributed by atoms with Gasteiger partial charge in [0.15, 0.2) is 5.58 Å². The Kier molecular flexibility index (Phi) is 5.57. The van der Waals surface area contributed by atoms with Crippen molar-refractivity contribution in [2.75, 3.05) is 0 Å². The highest BCUT2D eigenvalue weighted by atomic mass is 35.5. The Bertz CT molecular complexity index is 1180. The average Bonchev–Trinajstić information content (AvgIpc) is 3.36. The number of aliphatic hydroxyl groups excluding tert-OH is 1. The average molecular weight is 425 g/mol. The molecule has 4 aromatic rings. The largest absolute Gasteiger partial charge is 0.436 e. The van der Waals surface area contributed by atoms with Crippen LogP contribution in [0.25, 0.3) is 22.6 Å². The van der Waals surface area contributed by atoms with Gasteiger partial charge in [-0.2, -0.15) is 0 Å². The van der Waals surface area contributed by atoms with Gasteiger partial charge in [-0.25, -0.2) is 9.97 Å². The number of hydrogen-bond acceptors (Lipinski definition) is 5. The fourth-order valence-electron chi connectivity index (χ4n) is 3.51. The van der Waals surface area contributed by atoms with Gasteiger partial charge in [0.25, 0.3) is 5.91 Å². The number of nitrogens with zero attached hydrogens (tertiary/aromatic N) is 3. The molecule has 0 saturated carbocycles. The molecular weight excluding hydrogens is 404 g/mol. The predicted molar refractivity (Wildman–Crippen MR) is 114 cm³/mol. The van der Waals surface area contributed by atoms with Crippen LogP contribution in [0.2, 0.25) is 5.02 Å². The summed E-state index contributed by atoms with van der Waals surface area (Å²) in [6.07, 6.45) is 3.70. The Balaban J connectivity index is 1.59. The zero-order chi connectivity index (χ0) is 21.3. The Morgan fingerprint density at radius 2 is 2.03 bits per heavy atom. The summed E-state index contributed by atoms with van der Waals surface area (Å²) in [6.45, 7) is 1.71. The molecule has 0 fully saturated rings. The van der Waals surface area contributed by atoms with Crippen molar-refractivity contribution in [2.24, 2.45) is 5.73 Å². The highest BCUT2D eigenvalue weighted by molar-refractivity contribution is 6.30. The molecule has 0 spiro atoms. The number of amides is 1. The Morgan fingerprint density at radius 3 is 2.70 bits per heavy atom. The van der Waals surface area contributed by atoms with Crippen molar-refractivity contribution in [1.29, 1.82) is 0 Å². The van der Waals surface area contributed by atoms with Gasteiger partial charge in [-0.15, -0.1) is 0 Å². The first-order chi connectivity index (χ1) is 14.4. The van der Waals surface area contributed by atoms with Gasteiger partial charge >= 0.3 is 0 Å². The maximum absolute atomic E-state index is 11.3. The molecule has 3 N–H and O–H groups in total. The van der Waals surface area contributed by atoms with Crippen LogP contribution in [0.5, 0.6) is 0 Å². The molecule has 154 valence electrons. The Morgan fingerprint density at radius 1 is 1.27 bits per heavy atom. The van der Waals surface area contributed by atoms with Crippen LogP contribution in [-0.4, -0.2) is 31.7 Å². The third-order valence-corrected chi connectivity index (χ3v) is 5.34. The normalized spacial score (nSPS) is 13.4. The predicted octanol–water partition coefficient (Wildman–Crippen LogP) is 4.00. The monoisotopic (exact) mass is 424 g/mol. The minimum atomic E-state index is -0.640. The number of nitrogens with two attached hydrogens (primary N) is 1. The van der Waals surface area contributed by atoms with Gasteiger partial charge in [0.05, 0.1) is 18.5 Å². The van der Waals surface area contributed by atoms with E-state index >= 15 is 0 Å². The summed E-state index contributed by atoms with van der Waals surface area (Å²) in [5.74, 6) is -0.0684. The summed E-state index contributed by atoms with van der Waals surface area (Å²) >= 11 is 5.97. The van der Waals surface area contributed by atoms with E-state index in [-0.39, 0.29) is 11.7 Å². The van der Waals surface area contributed by atoms with Crippen molar-refractivity contribution in [3.8, 4) is 11.5 Å². The highest BCUT2D eigenvalue weighted by Crippen LogP contribution is 2.29. The lowest BCUT2D eigenvalue weighted by molar-refractivity contribution is 0.0994.